The van der Waals surface area contributed by atoms with Gasteiger partial charge in [0, 0.05) is 67.2 Å². The minimum absolute atomic E-state index is 0.123. The van der Waals surface area contributed by atoms with Gasteiger partial charge in [0.2, 0.25) is 17.8 Å². The van der Waals surface area contributed by atoms with Gasteiger partial charge in [-0.1, -0.05) is 36.9 Å². The Morgan fingerprint density at radius 1 is 0.974 bits per heavy atom. The van der Waals surface area contributed by atoms with E-state index in [1.165, 1.54) is 6.08 Å². The number of hydrogen-bond donors (Lipinski definition) is 2. The van der Waals surface area contributed by atoms with Crippen LogP contribution in [-0.2, 0) is 9.59 Å². The standard InChI is InChI=1S/C30H30N6O3/c1-4-27(38)33-26-10-6-9-25(29(26)39-3)24-8-5-7-21-19-31-30(34-28(21)24)32-22-11-13-23(14-12-22)36-17-15-35(16-18-36)20(2)37/h4-14,19H,1,15-18H2,2-3H3,(H,33,38)(H,31,32,34). The highest BCUT2D eigenvalue weighted by molar-refractivity contribution is 6.02. The number of piperazine rings is 1. The minimum Gasteiger partial charge on any atom is -0.494 e. The molecule has 9 nitrogen and oxygen atoms in total. The van der Waals surface area contributed by atoms with Crippen molar-refractivity contribution in [2.75, 3.05) is 48.8 Å². The van der Waals surface area contributed by atoms with Gasteiger partial charge in [-0.15, -0.1) is 0 Å². The lowest BCUT2D eigenvalue weighted by molar-refractivity contribution is -0.129. The Morgan fingerprint density at radius 3 is 2.38 bits per heavy atom. The highest BCUT2D eigenvalue weighted by Gasteiger charge is 2.19. The third-order valence-corrected chi connectivity index (χ3v) is 6.78. The van der Waals surface area contributed by atoms with Crippen molar-refractivity contribution in [1.82, 2.24) is 14.9 Å². The quantitative estimate of drug-likeness (QED) is 0.335. The van der Waals surface area contributed by atoms with Crippen LogP contribution in [0.15, 0.2) is 79.5 Å². The number of rotatable bonds is 7. The first kappa shape index (κ1) is 25.7. The largest absolute Gasteiger partial charge is 0.494 e. The molecule has 2 heterocycles. The molecule has 0 bridgehead atoms. The zero-order valence-electron chi connectivity index (χ0n) is 22.0. The lowest BCUT2D eigenvalue weighted by atomic mass is 10.0. The Balaban J connectivity index is 1.40. The van der Waals surface area contributed by atoms with Crippen molar-refractivity contribution in [3.05, 3.63) is 79.5 Å². The average molecular weight is 523 g/mol. The molecule has 0 atom stereocenters. The fourth-order valence-electron chi connectivity index (χ4n) is 4.75. The zero-order chi connectivity index (χ0) is 27.4. The van der Waals surface area contributed by atoms with Gasteiger partial charge in [0.15, 0.2) is 0 Å². The van der Waals surface area contributed by atoms with E-state index in [1.54, 1.807) is 26.3 Å². The predicted octanol–water partition coefficient (Wildman–Crippen LogP) is 4.84. The predicted molar refractivity (Wildman–Crippen MR) is 155 cm³/mol. The third-order valence-electron chi connectivity index (χ3n) is 6.78. The smallest absolute Gasteiger partial charge is 0.247 e. The Morgan fingerprint density at radius 2 is 1.69 bits per heavy atom. The molecule has 0 saturated carbocycles. The van der Waals surface area contributed by atoms with Crippen LogP contribution in [-0.4, -0.2) is 60.0 Å². The van der Waals surface area contributed by atoms with Crippen molar-refractivity contribution < 1.29 is 14.3 Å². The van der Waals surface area contributed by atoms with Crippen molar-refractivity contribution in [1.29, 1.82) is 0 Å². The van der Waals surface area contributed by atoms with Crippen LogP contribution < -0.4 is 20.3 Å². The van der Waals surface area contributed by atoms with E-state index in [4.69, 9.17) is 9.72 Å². The van der Waals surface area contributed by atoms with Crippen LogP contribution in [0, 0.1) is 0 Å². The third kappa shape index (κ3) is 5.52. The normalized spacial score (nSPS) is 13.2. The highest BCUT2D eigenvalue weighted by Crippen LogP contribution is 2.39. The van der Waals surface area contributed by atoms with E-state index in [-0.39, 0.29) is 11.8 Å². The Kier molecular flexibility index (Phi) is 7.40. The number of carbonyl (C=O) groups excluding carboxylic acids is 2. The van der Waals surface area contributed by atoms with E-state index in [1.807, 2.05) is 47.4 Å². The van der Waals surface area contributed by atoms with Crippen LogP contribution >= 0.6 is 0 Å². The summed E-state index contributed by atoms with van der Waals surface area (Å²) in [6.45, 7) is 8.23. The first-order chi connectivity index (χ1) is 19.0. The molecular formula is C30H30N6O3. The number of nitrogens with zero attached hydrogens (tertiary/aromatic N) is 4. The van der Waals surface area contributed by atoms with Gasteiger partial charge in [0.1, 0.15) is 5.75 Å². The summed E-state index contributed by atoms with van der Waals surface area (Å²) in [7, 11) is 1.57. The maximum atomic E-state index is 11.9. The van der Waals surface area contributed by atoms with Crippen LogP contribution in [0.25, 0.3) is 22.0 Å². The molecule has 4 aromatic rings. The summed E-state index contributed by atoms with van der Waals surface area (Å²) in [5, 5.41) is 6.98. The van der Waals surface area contributed by atoms with Crippen LogP contribution in [0.3, 0.4) is 0 Å². The number of aromatic nitrogens is 2. The van der Waals surface area contributed by atoms with E-state index in [2.05, 4.69) is 39.2 Å². The molecule has 0 radical (unpaired) electrons. The minimum atomic E-state index is -0.318. The molecule has 5 rings (SSSR count). The van der Waals surface area contributed by atoms with E-state index in [0.717, 1.165) is 59.6 Å². The van der Waals surface area contributed by atoms with Gasteiger partial charge in [-0.05, 0) is 36.4 Å². The number of amides is 2. The second-order valence-corrected chi connectivity index (χ2v) is 9.18. The van der Waals surface area contributed by atoms with Gasteiger partial charge in [0.05, 0.1) is 18.3 Å². The second kappa shape index (κ2) is 11.2. The van der Waals surface area contributed by atoms with Crippen molar-refractivity contribution >= 4 is 45.7 Å². The van der Waals surface area contributed by atoms with Crippen molar-refractivity contribution in [2.24, 2.45) is 0 Å². The number of anilines is 4. The molecule has 39 heavy (non-hydrogen) atoms. The number of hydrogen-bond acceptors (Lipinski definition) is 7. The molecule has 2 amide bonds. The topological polar surface area (TPSA) is 99.7 Å². The summed E-state index contributed by atoms with van der Waals surface area (Å²) >= 11 is 0. The lowest BCUT2D eigenvalue weighted by Gasteiger charge is -2.35. The molecule has 198 valence electrons. The summed E-state index contributed by atoms with van der Waals surface area (Å²) in [4.78, 5) is 37.1. The summed E-state index contributed by atoms with van der Waals surface area (Å²) in [6.07, 6.45) is 3.00. The van der Waals surface area contributed by atoms with Gasteiger partial charge in [-0.25, -0.2) is 9.97 Å². The Hall–Kier alpha value is -4.92. The van der Waals surface area contributed by atoms with E-state index >= 15 is 0 Å². The summed E-state index contributed by atoms with van der Waals surface area (Å²) in [5.74, 6) is 0.806. The molecule has 1 saturated heterocycles. The van der Waals surface area contributed by atoms with Crippen LogP contribution in [0.4, 0.5) is 23.0 Å². The van der Waals surface area contributed by atoms with E-state index in [9.17, 15) is 9.59 Å². The van der Waals surface area contributed by atoms with Crippen LogP contribution in [0.2, 0.25) is 0 Å². The maximum absolute atomic E-state index is 11.9. The van der Waals surface area contributed by atoms with Gasteiger partial charge in [-0.3, -0.25) is 9.59 Å². The molecule has 0 unspecified atom stereocenters. The number of carbonyl (C=O) groups is 2. The van der Waals surface area contributed by atoms with Gasteiger partial charge >= 0.3 is 0 Å². The van der Waals surface area contributed by atoms with Crippen molar-refractivity contribution in [3.63, 3.8) is 0 Å². The van der Waals surface area contributed by atoms with Gasteiger partial charge in [-0.2, -0.15) is 0 Å². The maximum Gasteiger partial charge on any atom is 0.247 e. The first-order valence-electron chi connectivity index (χ1n) is 12.7. The highest BCUT2D eigenvalue weighted by atomic mass is 16.5. The number of fused-ring (bicyclic) bond motifs is 1. The fraction of sp³-hybridized carbons (Fsp3) is 0.200. The molecule has 1 aliphatic heterocycles. The average Bonchev–Trinajstić information content (AvgIpc) is 2.97. The molecule has 3 aromatic carbocycles. The number of ether oxygens (including phenoxy) is 1. The monoisotopic (exact) mass is 522 g/mol. The second-order valence-electron chi connectivity index (χ2n) is 9.18. The number of nitrogens with one attached hydrogen (secondary N) is 2. The molecule has 2 N–H and O–H groups in total. The molecule has 1 aromatic heterocycles. The molecule has 1 fully saturated rings. The van der Waals surface area contributed by atoms with E-state index in [0.29, 0.717) is 17.4 Å². The van der Waals surface area contributed by atoms with Gasteiger partial charge in [0.25, 0.3) is 0 Å². The molecule has 0 aliphatic carbocycles. The summed E-state index contributed by atoms with van der Waals surface area (Å²) < 4.78 is 5.70. The van der Waals surface area contributed by atoms with E-state index < -0.39 is 0 Å². The fourth-order valence-corrected chi connectivity index (χ4v) is 4.75. The van der Waals surface area contributed by atoms with Crippen LogP contribution in [0.1, 0.15) is 6.92 Å². The SMILES string of the molecule is C=CC(=O)Nc1cccc(-c2cccc3cnc(Nc4ccc(N5CCN(C(C)=O)CC5)cc4)nc23)c1OC. The summed E-state index contributed by atoms with van der Waals surface area (Å²) in [6, 6.07) is 19.6. The zero-order valence-corrected chi connectivity index (χ0v) is 22.0. The lowest BCUT2D eigenvalue weighted by Crippen LogP contribution is -2.48. The number of para-hydroxylation sites is 2. The molecule has 0 spiro atoms. The molecule has 1 aliphatic rings. The number of benzene rings is 3. The van der Waals surface area contributed by atoms with Crippen molar-refractivity contribution in [3.8, 4) is 16.9 Å². The summed E-state index contributed by atoms with van der Waals surface area (Å²) in [5.41, 5.74) is 4.92. The Labute approximate surface area is 227 Å². The number of methoxy groups -OCH3 is 1. The Bertz CT molecular complexity index is 1530. The van der Waals surface area contributed by atoms with Crippen molar-refractivity contribution in [2.45, 2.75) is 6.92 Å². The molecular weight excluding hydrogens is 492 g/mol. The molecule has 9 heteroatoms. The first-order valence-corrected chi connectivity index (χ1v) is 12.7. The van der Waals surface area contributed by atoms with Gasteiger partial charge < -0.3 is 25.2 Å². The van der Waals surface area contributed by atoms with Crippen LogP contribution in [0.5, 0.6) is 5.75 Å².